The van der Waals surface area contributed by atoms with Crippen LogP contribution in [0, 0.1) is 5.41 Å². The third-order valence-electron chi connectivity index (χ3n) is 2.85. The number of esters is 1. The number of carbonyl (C=O) groups excluding carboxylic acids is 1. The van der Waals surface area contributed by atoms with Crippen LogP contribution in [0.1, 0.15) is 46.5 Å². The summed E-state index contributed by atoms with van der Waals surface area (Å²) in [5.41, 5.74) is -0.670. The Hall–Kier alpha value is -0.570. The lowest BCUT2D eigenvalue weighted by Gasteiger charge is -2.23. The Morgan fingerprint density at radius 2 is 2.07 bits per heavy atom. The van der Waals surface area contributed by atoms with Gasteiger partial charge in [-0.05, 0) is 31.6 Å². The molecule has 1 saturated carbocycles. The van der Waals surface area contributed by atoms with E-state index in [1.807, 2.05) is 0 Å². The van der Waals surface area contributed by atoms with Crippen LogP contribution in [0.15, 0.2) is 0 Å². The highest BCUT2D eigenvalue weighted by Gasteiger charge is 2.43. The number of rotatable bonds is 3. The van der Waals surface area contributed by atoms with Gasteiger partial charge in [0.2, 0.25) is 0 Å². The number of aliphatic hydroxyl groups is 1. The molecule has 0 radical (unpaired) electrons. The van der Waals surface area contributed by atoms with Gasteiger partial charge < -0.3 is 9.84 Å². The number of ether oxygens (including phenoxy) is 1. The van der Waals surface area contributed by atoms with E-state index in [4.69, 9.17) is 4.74 Å². The van der Waals surface area contributed by atoms with Crippen molar-refractivity contribution in [2.45, 2.75) is 52.1 Å². The molecule has 0 aromatic carbocycles. The van der Waals surface area contributed by atoms with Gasteiger partial charge in [-0.2, -0.15) is 0 Å². The maximum absolute atomic E-state index is 11.2. The summed E-state index contributed by atoms with van der Waals surface area (Å²) in [6.45, 7) is 6.41. The van der Waals surface area contributed by atoms with Crippen molar-refractivity contribution in [1.29, 1.82) is 0 Å². The van der Waals surface area contributed by atoms with Crippen molar-refractivity contribution >= 4 is 5.97 Å². The van der Waals surface area contributed by atoms with Gasteiger partial charge >= 0.3 is 5.97 Å². The molecule has 0 spiro atoms. The van der Waals surface area contributed by atoms with Crippen molar-refractivity contribution in [1.82, 2.24) is 0 Å². The molecule has 0 amide bonds. The average Bonchev–Trinajstić information content (AvgIpc) is 2.25. The first kappa shape index (κ1) is 11.5. The molecule has 1 unspecified atom stereocenters. The van der Waals surface area contributed by atoms with Crippen molar-refractivity contribution in [2.75, 3.05) is 6.61 Å². The lowest BCUT2D eigenvalue weighted by atomic mass is 9.88. The quantitative estimate of drug-likeness (QED) is 0.707. The second-order valence-electron chi connectivity index (χ2n) is 5.05. The molecule has 0 heterocycles. The molecule has 82 valence electrons. The maximum Gasteiger partial charge on any atom is 0.308 e. The number of hydrogen-bond acceptors (Lipinski definition) is 3. The van der Waals surface area contributed by atoms with Gasteiger partial charge in [0.1, 0.15) is 0 Å². The van der Waals surface area contributed by atoms with E-state index in [-0.39, 0.29) is 17.8 Å². The summed E-state index contributed by atoms with van der Waals surface area (Å²) in [6, 6.07) is 0. The van der Waals surface area contributed by atoms with Crippen LogP contribution in [-0.2, 0) is 9.53 Å². The van der Waals surface area contributed by atoms with Crippen LogP contribution >= 0.6 is 0 Å². The van der Waals surface area contributed by atoms with Gasteiger partial charge in [-0.1, -0.05) is 13.8 Å². The standard InChI is InChI=1S/C11H20O3/c1-4-14-9(12)7-11(13)6-5-10(2,3)8-11/h13H,4-8H2,1-3H3. The van der Waals surface area contributed by atoms with Crippen LogP contribution in [0.2, 0.25) is 0 Å². The Kier molecular flexibility index (Phi) is 3.20. The second kappa shape index (κ2) is 3.89. The third kappa shape index (κ3) is 2.98. The Bertz CT molecular complexity index is 223. The predicted molar refractivity (Wildman–Crippen MR) is 53.8 cm³/mol. The van der Waals surface area contributed by atoms with E-state index in [1.165, 1.54) is 0 Å². The average molecular weight is 200 g/mol. The summed E-state index contributed by atoms with van der Waals surface area (Å²) in [6.07, 6.45) is 2.52. The lowest BCUT2D eigenvalue weighted by molar-refractivity contribution is -0.148. The zero-order valence-electron chi connectivity index (χ0n) is 9.30. The summed E-state index contributed by atoms with van der Waals surface area (Å²) in [5, 5.41) is 10.1. The SMILES string of the molecule is CCOC(=O)CC1(O)CCC(C)(C)C1. The monoisotopic (exact) mass is 200 g/mol. The summed E-state index contributed by atoms with van der Waals surface area (Å²) < 4.78 is 4.84. The normalized spacial score (nSPS) is 30.3. The van der Waals surface area contributed by atoms with Crippen molar-refractivity contribution in [3.8, 4) is 0 Å². The summed E-state index contributed by atoms with van der Waals surface area (Å²) >= 11 is 0. The molecule has 0 bridgehead atoms. The first-order chi connectivity index (χ1) is 6.37. The zero-order valence-corrected chi connectivity index (χ0v) is 9.30. The van der Waals surface area contributed by atoms with E-state index in [0.29, 0.717) is 19.4 Å². The highest BCUT2D eigenvalue weighted by atomic mass is 16.5. The van der Waals surface area contributed by atoms with E-state index in [2.05, 4.69) is 13.8 Å². The Morgan fingerprint density at radius 1 is 1.43 bits per heavy atom. The molecule has 1 fully saturated rings. The second-order valence-corrected chi connectivity index (χ2v) is 5.05. The lowest BCUT2D eigenvalue weighted by Crippen LogP contribution is -2.30. The topological polar surface area (TPSA) is 46.5 Å². The number of hydrogen-bond donors (Lipinski definition) is 1. The minimum absolute atomic E-state index is 0.143. The summed E-state index contributed by atoms with van der Waals surface area (Å²) in [7, 11) is 0. The fourth-order valence-electron chi connectivity index (χ4n) is 2.27. The van der Waals surface area contributed by atoms with Gasteiger partial charge in [-0.3, -0.25) is 4.79 Å². The highest BCUT2D eigenvalue weighted by molar-refractivity contribution is 5.70. The third-order valence-corrected chi connectivity index (χ3v) is 2.85. The van der Waals surface area contributed by atoms with Gasteiger partial charge in [0.05, 0.1) is 18.6 Å². The predicted octanol–water partition coefficient (Wildman–Crippen LogP) is 1.88. The molecule has 14 heavy (non-hydrogen) atoms. The zero-order chi connectivity index (χ0) is 10.8. The van der Waals surface area contributed by atoms with Crippen LogP contribution in [-0.4, -0.2) is 23.3 Å². The molecule has 3 heteroatoms. The Balaban J connectivity index is 2.48. The molecule has 0 aromatic heterocycles. The highest BCUT2D eigenvalue weighted by Crippen LogP contribution is 2.45. The number of carbonyl (C=O) groups is 1. The fraction of sp³-hybridized carbons (Fsp3) is 0.909. The summed E-state index contributed by atoms with van der Waals surface area (Å²) in [5.74, 6) is -0.285. The van der Waals surface area contributed by atoms with Crippen LogP contribution in [0.5, 0.6) is 0 Å². The van der Waals surface area contributed by atoms with Gasteiger partial charge in [-0.15, -0.1) is 0 Å². The van der Waals surface area contributed by atoms with Crippen LogP contribution in [0.25, 0.3) is 0 Å². The molecule has 0 saturated heterocycles. The molecule has 1 N–H and O–H groups in total. The minimum atomic E-state index is -0.824. The Labute approximate surface area is 85.5 Å². The van der Waals surface area contributed by atoms with E-state index in [1.54, 1.807) is 6.92 Å². The van der Waals surface area contributed by atoms with E-state index < -0.39 is 5.60 Å². The van der Waals surface area contributed by atoms with Crippen molar-refractivity contribution in [3.63, 3.8) is 0 Å². The molecule has 0 aromatic rings. The Morgan fingerprint density at radius 3 is 2.50 bits per heavy atom. The molecule has 1 atom stereocenters. The van der Waals surface area contributed by atoms with Crippen LogP contribution in [0.3, 0.4) is 0 Å². The molecule has 3 nitrogen and oxygen atoms in total. The maximum atomic E-state index is 11.2. The van der Waals surface area contributed by atoms with Crippen molar-refractivity contribution < 1.29 is 14.6 Å². The summed E-state index contributed by atoms with van der Waals surface area (Å²) in [4.78, 5) is 11.2. The van der Waals surface area contributed by atoms with E-state index in [0.717, 1.165) is 6.42 Å². The van der Waals surface area contributed by atoms with Crippen LogP contribution < -0.4 is 0 Å². The minimum Gasteiger partial charge on any atom is -0.466 e. The molecular weight excluding hydrogens is 180 g/mol. The molecule has 1 aliphatic rings. The fourth-order valence-corrected chi connectivity index (χ4v) is 2.27. The van der Waals surface area contributed by atoms with E-state index >= 15 is 0 Å². The molecule has 1 aliphatic carbocycles. The smallest absolute Gasteiger partial charge is 0.308 e. The molecule has 0 aliphatic heterocycles. The molecular formula is C11H20O3. The van der Waals surface area contributed by atoms with Gasteiger partial charge in [0, 0.05) is 0 Å². The van der Waals surface area contributed by atoms with Crippen molar-refractivity contribution in [2.24, 2.45) is 5.41 Å². The van der Waals surface area contributed by atoms with Gasteiger partial charge in [0.15, 0.2) is 0 Å². The largest absolute Gasteiger partial charge is 0.466 e. The van der Waals surface area contributed by atoms with E-state index in [9.17, 15) is 9.90 Å². The first-order valence-electron chi connectivity index (χ1n) is 5.25. The van der Waals surface area contributed by atoms with Crippen molar-refractivity contribution in [3.05, 3.63) is 0 Å². The molecule has 1 rings (SSSR count). The van der Waals surface area contributed by atoms with Crippen LogP contribution in [0.4, 0.5) is 0 Å². The van der Waals surface area contributed by atoms with Gasteiger partial charge in [0.25, 0.3) is 0 Å². The van der Waals surface area contributed by atoms with Gasteiger partial charge in [-0.25, -0.2) is 0 Å². The first-order valence-corrected chi connectivity index (χ1v) is 5.25.